The van der Waals surface area contributed by atoms with Gasteiger partial charge in [0, 0.05) is 36.7 Å². The molecule has 0 saturated heterocycles. The van der Waals surface area contributed by atoms with Crippen LogP contribution in [-0.2, 0) is 13.0 Å². The fourth-order valence-electron chi connectivity index (χ4n) is 2.62. The minimum atomic E-state index is 0.554. The molecule has 2 N–H and O–H groups in total. The average Bonchev–Trinajstić information content (AvgIpc) is 3.23. The average molecular weight is 383 g/mol. The van der Waals surface area contributed by atoms with Crippen molar-refractivity contribution in [2.24, 2.45) is 4.99 Å². The van der Waals surface area contributed by atoms with Crippen LogP contribution >= 0.6 is 11.6 Å². The number of nitrogens with zero attached hydrogens (tertiary/aromatic N) is 4. The molecule has 0 fully saturated rings. The van der Waals surface area contributed by atoms with Crippen molar-refractivity contribution in [1.29, 1.82) is 0 Å². The number of benzene rings is 1. The lowest BCUT2D eigenvalue weighted by Gasteiger charge is -2.12. The number of halogens is 1. The molecule has 3 aromatic rings. The third-order valence-electron chi connectivity index (χ3n) is 3.96. The highest BCUT2D eigenvalue weighted by molar-refractivity contribution is 6.31. The largest absolute Gasteiger partial charge is 0.357 e. The molecule has 0 aliphatic carbocycles. The van der Waals surface area contributed by atoms with Gasteiger partial charge in [-0.15, -0.1) is 0 Å². The Morgan fingerprint density at radius 1 is 1.15 bits per heavy atom. The molecule has 0 aliphatic rings. The molecule has 0 atom stereocenters. The maximum Gasteiger partial charge on any atom is 0.191 e. The standard InChI is InChI=1S/C20H23ClN6/c1-2-22-20(24-12-9-17-6-3-4-7-18(17)21)25-15-16-8-11-23-19(14-16)27-13-5-10-26-27/h3-8,10-11,13-14H,2,9,12,15H2,1H3,(H2,22,24,25). The second kappa shape index (κ2) is 9.73. The molecule has 2 aromatic heterocycles. The molecule has 0 saturated carbocycles. The minimum Gasteiger partial charge on any atom is -0.357 e. The van der Waals surface area contributed by atoms with Crippen LogP contribution < -0.4 is 10.6 Å². The first kappa shape index (κ1) is 18.9. The number of pyridine rings is 1. The van der Waals surface area contributed by atoms with Crippen molar-refractivity contribution in [2.45, 2.75) is 19.9 Å². The molecular formula is C20H23ClN6. The molecule has 0 amide bonds. The van der Waals surface area contributed by atoms with Crippen molar-refractivity contribution in [3.05, 3.63) is 77.2 Å². The molecule has 0 bridgehead atoms. The molecule has 27 heavy (non-hydrogen) atoms. The van der Waals surface area contributed by atoms with Gasteiger partial charge in [0.15, 0.2) is 11.8 Å². The van der Waals surface area contributed by atoms with Gasteiger partial charge < -0.3 is 10.6 Å². The van der Waals surface area contributed by atoms with Crippen molar-refractivity contribution in [3.63, 3.8) is 0 Å². The summed E-state index contributed by atoms with van der Waals surface area (Å²) in [5, 5.41) is 11.6. The van der Waals surface area contributed by atoms with Gasteiger partial charge in [-0.25, -0.2) is 14.7 Å². The van der Waals surface area contributed by atoms with Gasteiger partial charge in [0.1, 0.15) is 0 Å². The van der Waals surface area contributed by atoms with E-state index in [1.807, 2.05) is 55.6 Å². The van der Waals surface area contributed by atoms with E-state index in [4.69, 9.17) is 11.6 Å². The topological polar surface area (TPSA) is 67.1 Å². The zero-order valence-corrected chi connectivity index (χ0v) is 16.0. The van der Waals surface area contributed by atoms with Crippen LogP contribution in [0.4, 0.5) is 0 Å². The lowest BCUT2D eigenvalue weighted by molar-refractivity contribution is 0.798. The third-order valence-corrected chi connectivity index (χ3v) is 4.33. The maximum absolute atomic E-state index is 6.21. The summed E-state index contributed by atoms with van der Waals surface area (Å²) in [5.41, 5.74) is 2.19. The Morgan fingerprint density at radius 2 is 2.04 bits per heavy atom. The van der Waals surface area contributed by atoms with Gasteiger partial charge in [0.05, 0.1) is 6.54 Å². The van der Waals surface area contributed by atoms with Gasteiger partial charge >= 0.3 is 0 Å². The lowest BCUT2D eigenvalue weighted by Crippen LogP contribution is -2.38. The Balaban J connectivity index is 1.60. The van der Waals surface area contributed by atoms with E-state index >= 15 is 0 Å². The summed E-state index contributed by atoms with van der Waals surface area (Å²) in [7, 11) is 0. The number of nitrogens with one attached hydrogen (secondary N) is 2. The van der Waals surface area contributed by atoms with E-state index < -0.39 is 0 Å². The van der Waals surface area contributed by atoms with Crippen molar-refractivity contribution in [3.8, 4) is 5.82 Å². The normalized spacial score (nSPS) is 11.4. The molecule has 140 valence electrons. The molecule has 0 spiro atoms. The summed E-state index contributed by atoms with van der Waals surface area (Å²) in [6.07, 6.45) is 6.22. The fourth-order valence-corrected chi connectivity index (χ4v) is 2.85. The van der Waals surface area contributed by atoms with E-state index in [0.717, 1.165) is 47.4 Å². The summed E-state index contributed by atoms with van der Waals surface area (Å²) < 4.78 is 1.74. The van der Waals surface area contributed by atoms with Crippen LogP contribution in [0.25, 0.3) is 5.82 Å². The predicted octanol–water partition coefficient (Wildman–Crippen LogP) is 3.22. The third kappa shape index (κ3) is 5.56. The Labute approximate surface area is 164 Å². The van der Waals surface area contributed by atoms with Crippen molar-refractivity contribution in [1.82, 2.24) is 25.4 Å². The van der Waals surface area contributed by atoms with Gasteiger partial charge in [-0.2, -0.15) is 5.10 Å². The number of guanidine groups is 1. The van der Waals surface area contributed by atoms with Gasteiger partial charge in [0.2, 0.25) is 0 Å². The van der Waals surface area contributed by atoms with E-state index in [9.17, 15) is 0 Å². The number of aromatic nitrogens is 3. The fraction of sp³-hybridized carbons (Fsp3) is 0.250. The van der Waals surface area contributed by atoms with Crippen LogP contribution in [0, 0.1) is 0 Å². The molecule has 3 rings (SSSR count). The molecule has 0 unspecified atom stereocenters. The van der Waals surface area contributed by atoms with Crippen LogP contribution in [-0.4, -0.2) is 33.8 Å². The summed E-state index contributed by atoms with van der Waals surface area (Å²) in [4.78, 5) is 9.01. The molecule has 0 radical (unpaired) electrons. The molecule has 2 heterocycles. The summed E-state index contributed by atoms with van der Waals surface area (Å²) in [6.45, 7) is 4.16. The van der Waals surface area contributed by atoms with Crippen LogP contribution in [0.5, 0.6) is 0 Å². The van der Waals surface area contributed by atoms with Crippen molar-refractivity contribution < 1.29 is 0 Å². The first-order chi connectivity index (χ1) is 13.3. The van der Waals surface area contributed by atoms with Gasteiger partial charge in [-0.3, -0.25) is 0 Å². The lowest BCUT2D eigenvalue weighted by atomic mass is 10.1. The quantitative estimate of drug-likeness (QED) is 0.486. The Kier molecular flexibility index (Phi) is 6.82. The highest BCUT2D eigenvalue weighted by Gasteiger charge is 2.03. The van der Waals surface area contributed by atoms with Crippen molar-refractivity contribution in [2.75, 3.05) is 13.1 Å². The first-order valence-corrected chi connectivity index (χ1v) is 9.34. The highest BCUT2D eigenvalue weighted by atomic mass is 35.5. The first-order valence-electron chi connectivity index (χ1n) is 8.97. The van der Waals surface area contributed by atoms with E-state index in [-0.39, 0.29) is 0 Å². The van der Waals surface area contributed by atoms with Gasteiger partial charge in [-0.1, -0.05) is 29.8 Å². The number of hydrogen-bond donors (Lipinski definition) is 2. The molecular weight excluding hydrogens is 360 g/mol. The van der Waals surface area contributed by atoms with E-state index in [2.05, 4.69) is 25.7 Å². The number of aliphatic imine (C=N–C) groups is 1. The van der Waals surface area contributed by atoms with Crippen LogP contribution in [0.1, 0.15) is 18.1 Å². The Bertz CT molecular complexity index is 876. The van der Waals surface area contributed by atoms with E-state index in [0.29, 0.717) is 6.54 Å². The summed E-state index contributed by atoms with van der Waals surface area (Å²) >= 11 is 6.21. The minimum absolute atomic E-state index is 0.554. The summed E-state index contributed by atoms with van der Waals surface area (Å²) in [5.74, 6) is 1.56. The van der Waals surface area contributed by atoms with Crippen LogP contribution in [0.15, 0.2) is 66.0 Å². The predicted molar refractivity (Wildman–Crippen MR) is 109 cm³/mol. The van der Waals surface area contributed by atoms with Gasteiger partial charge in [-0.05, 0) is 48.7 Å². The second-order valence-electron chi connectivity index (χ2n) is 5.94. The Hall–Kier alpha value is -2.86. The number of rotatable bonds is 7. The summed E-state index contributed by atoms with van der Waals surface area (Å²) in [6, 6.07) is 13.7. The highest BCUT2D eigenvalue weighted by Crippen LogP contribution is 2.14. The molecule has 7 heteroatoms. The zero-order valence-electron chi connectivity index (χ0n) is 15.3. The second-order valence-corrected chi connectivity index (χ2v) is 6.34. The number of hydrogen-bond acceptors (Lipinski definition) is 3. The van der Waals surface area contributed by atoms with E-state index in [1.54, 1.807) is 17.1 Å². The molecule has 0 aliphatic heterocycles. The van der Waals surface area contributed by atoms with E-state index in [1.165, 1.54) is 0 Å². The smallest absolute Gasteiger partial charge is 0.191 e. The van der Waals surface area contributed by atoms with Gasteiger partial charge in [0.25, 0.3) is 0 Å². The molecule has 1 aromatic carbocycles. The zero-order chi connectivity index (χ0) is 18.9. The SMILES string of the molecule is CCNC(=NCc1ccnc(-n2cccn2)c1)NCCc1ccccc1Cl. The van der Waals surface area contributed by atoms with Crippen molar-refractivity contribution >= 4 is 17.6 Å². The monoisotopic (exact) mass is 382 g/mol. The molecule has 6 nitrogen and oxygen atoms in total. The van der Waals surface area contributed by atoms with Crippen LogP contribution in [0.3, 0.4) is 0 Å². The van der Waals surface area contributed by atoms with Crippen LogP contribution in [0.2, 0.25) is 5.02 Å². The maximum atomic E-state index is 6.21. The Morgan fingerprint density at radius 3 is 2.81 bits per heavy atom.